The third-order valence-electron chi connectivity index (χ3n) is 4.33. The van der Waals surface area contributed by atoms with Gasteiger partial charge in [-0.25, -0.2) is 4.99 Å². The van der Waals surface area contributed by atoms with Gasteiger partial charge in [-0.15, -0.1) is 0 Å². The number of ketones is 1. The Morgan fingerprint density at radius 1 is 1.14 bits per heavy atom. The third-order valence-corrected chi connectivity index (χ3v) is 4.33. The van der Waals surface area contributed by atoms with E-state index in [0.29, 0.717) is 11.5 Å². The summed E-state index contributed by atoms with van der Waals surface area (Å²) >= 11 is 0. The molecule has 0 bridgehead atoms. The molecular weight excluding hydrogens is 358 g/mol. The average Bonchev–Trinajstić information content (AvgIpc) is 3.27. The Morgan fingerprint density at radius 3 is 2.71 bits per heavy atom. The van der Waals surface area contributed by atoms with Crippen molar-refractivity contribution < 1.29 is 19.0 Å². The molecule has 1 aromatic rings. The first-order valence-corrected chi connectivity index (χ1v) is 9.20. The smallest absolute Gasteiger partial charge is 0.238 e. The van der Waals surface area contributed by atoms with E-state index in [1.807, 2.05) is 24.3 Å². The Balaban J connectivity index is 1.30. The van der Waals surface area contributed by atoms with Gasteiger partial charge < -0.3 is 24.8 Å². The zero-order valence-corrected chi connectivity index (χ0v) is 15.3. The number of carbonyl (C=O) groups is 1. The van der Waals surface area contributed by atoms with Crippen LogP contribution in [-0.4, -0.2) is 31.4 Å². The van der Waals surface area contributed by atoms with Gasteiger partial charge >= 0.3 is 0 Å². The number of Topliss-reactive ketones (excluding diaryl/α,β-unsaturated/α-hetero) is 1. The molecule has 0 unspecified atom stereocenters. The summed E-state index contributed by atoms with van der Waals surface area (Å²) in [5.74, 6) is 1.75. The maximum absolute atomic E-state index is 12.4. The number of aliphatic imine (C=N–C) groups is 1. The molecule has 0 radical (unpaired) electrons. The summed E-state index contributed by atoms with van der Waals surface area (Å²) < 4.78 is 16.6. The molecule has 4 rings (SSSR count). The lowest BCUT2D eigenvalue weighted by atomic mass is 10.0. The number of hydrogen-bond donors (Lipinski definition) is 2. The predicted octanol–water partition coefficient (Wildman–Crippen LogP) is 2.82. The summed E-state index contributed by atoms with van der Waals surface area (Å²) in [7, 11) is 0. The molecule has 28 heavy (non-hydrogen) atoms. The number of hydrogen-bond acceptors (Lipinski definition) is 5. The maximum atomic E-state index is 12.4. The summed E-state index contributed by atoms with van der Waals surface area (Å²) in [6.45, 7) is 1.60. The molecule has 3 aliphatic rings. The van der Waals surface area contributed by atoms with Crippen molar-refractivity contribution in [3.05, 3.63) is 72.1 Å². The van der Waals surface area contributed by atoms with Crippen molar-refractivity contribution in [3.63, 3.8) is 0 Å². The van der Waals surface area contributed by atoms with Gasteiger partial charge in [0.05, 0.1) is 5.69 Å². The van der Waals surface area contributed by atoms with Crippen molar-refractivity contribution >= 4 is 17.4 Å². The van der Waals surface area contributed by atoms with Crippen LogP contribution in [0.25, 0.3) is 0 Å². The monoisotopic (exact) mass is 379 g/mol. The molecule has 7 heteroatoms. The number of nitrogens with zero attached hydrogens (tertiary/aromatic N) is 1. The van der Waals surface area contributed by atoms with E-state index in [2.05, 4.69) is 21.7 Å². The molecule has 1 aliphatic carbocycles. The number of ether oxygens (including phenoxy) is 3. The van der Waals surface area contributed by atoms with Crippen LogP contribution in [-0.2, 0) is 14.3 Å². The second kappa shape index (κ2) is 8.47. The van der Waals surface area contributed by atoms with Gasteiger partial charge in [0.15, 0.2) is 18.3 Å². The quantitative estimate of drug-likeness (QED) is 0.791. The number of allylic oxidation sites excluding steroid dienone is 4. The highest BCUT2D eigenvalue weighted by atomic mass is 16.5. The molecule has 0 saturated carbocycles. The Bertz CT molecular complexity index is 887. The fraction of sp³-hybridized carbons (Fsp3) is 0.238. The minimum Gasteiger partial charge on any atom is -0.485 e. The Morgan fingerprint density at radius 2 is 1.96 bits per heavy atom. The maximum Gasteiger partial charge on any atom is 0.238 e. The van der Waals surface area contributed by atoms with Crippen LogP contribution < -0.4 is 15.4 Å². The lowest BCUT2D eigenvalue weighted by Gasteiger charge is -2.18. The Kier molecular flexibility index (Phi) is 5.42. The normalized spacial score (nSPS) is 17.9. The van der Waals surface area contributed by atoms with Crippen molar-refractivity contribution in [1.82, 2.24) is 10.6 Å². The molecule has 0 aromatic heterocycles. The van der Waals surface area contributed by atoms with Crippen LogP contribution >= 0.6 is 0 Å². The zero-order valence-electron chi connectivity index (χ0n) is 15.3. The number of benzene rings is 1. The summed E-state index contributed by atoms with van der Waals surface area (Å²) in [6, 6.07) is 7.22. The van der Waals surface area contributed by atoms with Gasteiger partial charge in [0, 0.05) is 13.1 Å². The van der Waals surface area contributed by atoms with Crippen molar-refractivity contribution in [2.24, 2.45) is 4.99 Å². The van der Waals surface area contributed by atoms with E-state index in [-0.39, 0.29) is 18.1 Å². The predicted molar refractivity (Wildman–Crippen MR) is 105 cm³/mol. The average molecular weight is 379 g/mol. The molecule has 2 N–H and O–H groups in total. The summed E-state index contributed by atoms with van der Waals surface area (Å²) in [5.41, 5.74) is 1.80. The van der Waals surface area contributed by atoms with Crippen molar-refractivity contribution in [2.75, 3.05) is 19.7 Å². The van der Waals surface area contributed by atoms with Gasteiger partial charge in [0.2, 0.25) is 11.5 Å². The largest absolute Gasteiger partial charge is 0.485 e. The molecule has 2 heterocycles. The van der Waals surface area contributed by atoms with Gasteiger partial charge in [0.1, 0.15) is 18.3 Å². The number of guanidine groups is 1. The highest BCUT2D eigenvalue weighted by molar-refractivity contribution is 5.94. The first kappa shape index (κ1) is 17.9. The first-order valence-electron chi connectivity index (χ1n) is 9.20. The molecule has 2 aliphatic heterocycles. The van der Waals surface area contributed by atoms with Crippen LogP contribution in [0.1, 0.15) is 12.8 Å². The Hall–Kier alpha value is -3.48. The van der Waals surface area contributed by atoms with E-state index in [9.17, 15) is 4.79 Å². The summed E-state index contributed by atoms with van der Waals surface area (Å²) in [6.07, 6.45) is 10.6. The minimum atomic E-state index is -0.291. The summed E-state index contributed by atoms with van der Waals surface area (Å²) in [5, 5.41) is 6.28. The second-order valence-electron chi connectivity index (χ2n) is 6.38. The SMILES string of the molecule is O=C(COc1ccc(N=C2NCCN2)cc1)C1=COC=C(C2=CC=CCC2)O1. The molecule has 144 valence electrons. The van der Waals surface area contributed by atoms with E-state index in [4.69, 9.17) is 14.2 Å². The molecule has 0 spiro atoms. The topological polar surface area (TPSA) is 81.2 Å². The van der Waals surface area contributed by atoms with Gasteiger partial charge in [-0.3, -0.25) is 4.79 Å². The van der Waals surface area contributed by atoms with E-state index in [1.54, 1.807) is 12.1 Å². The standard InChI is InChI=1S/C21H21N3O4/c25-18(20-14-26-13-19(28-20)15-4-2-1-3-5-15)12-27-17-8-6-16(7-9-17)24-21-22-10-11-23-21/h1-2,4,6-9,13-14H,3,5,10-12H2,(H2,22,23,24). The molecule has 1 saturated heterocycles. The highest BCUT2D eigenvalue weighted by Crippen LogP contribution is 2.26. The van der Waals surface area contributed by atoms with Crippen molar-refractivity contribution in [1.29, 1.82) is 0 Å². The van der Waals surface area contributed by atoms with Gasteiger partial charge in [0.25, 0.3) is 0 Å². The zero-order chi connectivity index (χ0) is 19.2. The van der Waals surface area contributed by atoms with Crippen molar-refractivity contribution in [2.45, 2.75) is 12.8 Å². The molecule has 0 atom stereocenters. The van der Waals surface area contributed by atoms with Crippen LogP contribution in [0, 0.1) is 0 Å². The first-order chi connectivity index (χ1) is 13.8. The van der Waals surface area contributed by atoms with E-state index >= 15 is 0 Å². The fourth-order valence-corrected chi connectivity index (χ4v) is 2.87. The van der Waals surface area contributed by atoms with Crippen LogP contribution in [0.3, 0.4) is 0 Å². The highest BCUT2D eigenvalue weighted by Gasteiger charge is 2.21. The lowest BCUT2D eigenvalue weighted by molar-refractivity contribution is -0.120. The number of nitrogens with one attached hydrogen (secondary N) is 2. The molecule has 1 fully saturated rings. The number of rotatable bonds is 6. The van der Waals surface area contributed by atoms with E-state index < -0.39 is 0 Å². The van der Waals surface area contributed by atoms with Crippen molar-refractivity contribution in [3.8, 4) is 5.75 Å². The second-order valence-corrected chi connectivity index (χ2v) is 6.38. The van der Waals surface area contributed by atoms with Crippen LogP contribution in [0.15, 0.2) is 77.1 Å². The summed E-state index contributed by atoms with van der Waals surface area (Å²) in [4.78, 5) is 16.8. The fourth-order valence-electron chi connectivity index (χ4n) is 2.87. The van der Waals surface area contributed by atoms with Crippen LogP contribution in [0.4, 0.5) is 5.69 Å². The minimum absolute atomic E-state index is 0.134. The van der Waals surface area contributed by atoms with E-state index in [0.717, 1.165) is 43.2 Å². The molecule has 1 aromatic carbocycles. The molecular formula is C21H21N3O4. The third kappa shape index (κ3) is 4.43. The van der Waals surface area contributed by atoms with Gasteiger partial charge in [-0.2, -0.15) is 0 Å². The Labute approximate surface area is 163 Å². The molecule has 7 nitrogen and oxygen atoms in total. The van der Waals surface area contributed by atoms with E-state index in [1.165, 1.54) is 12.5 Å². The number of carbonyl (C=O) groups excluding carboxylic acids is 1. The van der Waals surface area contributed by atoms with Crippen LogP contribution in [0.2, 0.25) is 0 Å². The van der Waals surface area contributed by atoms with Gasteiger partial charge in [-0.05, 0) is 42.7 Å². The molecule has 0 amide bonds. The van der Waals surface area contributed by atoms with Gasteiger partial charge in [-0.1, -0.05) is 18.2 Å². The lowest BCUT2D eigenvalue weighted by Crippen LogP contribution is -2.23. The van der Waals surface area contributed by atoms with Crippen LogP contribution in [0.5, 0.6) is 5.75 Å².